The van der Waals surface area contributed by atoms with E-state index in [-0.39, 0.29) is 5.91 Å². The molecule has 3 rings (SSSR count). The fourth-order valence-corrected chi connectivity index (χ4v) is 3.56. The number of rotatable bonds is 3. The smallest absolute Gasteiger partial charge is 0.236 e. The molecule has 0 aliphatic carbocycles. The summed E-state index contributed by atoms with van der Waals surface area (Å²) < 4.78 is 0.549. The van der Waals surface area contributed by atoms with Gasteiger partial charge in [0.1, 0.15) is 0 Å². The zero-order chi connectivity index (χ0) is 15.2. The van der Waals surface area contributed by atoms with Crippen molar-refractivity contribution < 1.29 is 4.79 Å². The lowest BCUT2D eigenvalue weighted by molar-refractivity contribution is -0.121. The van der Waals surface area contributed by atoms with Crippen LogP contribution in [0.4, 0.5) is 11.4 Å². The maximum absolute atomic E-state index is 12.3. The zero-order valence-corrected chi connectivity index (χ0v) is 13.7. The number of nitrogens with zero attached hydrogens (tertiary/aromatic N) is 2. The number of aromatic nitrogens is 1. The van der Waals surface area contributed by atoms with Gasteiger partial charge in [-0.25, -0.2) is 4.98 Å². The average Bonchev–Trinajstić information content (AvgIpc) is 2.94. The van der Waals surface area contributed by atoms with Crippen LogP contribution >= 0.6 is 22.9 Å². The molecule has 2 aromatic rings. The molecule has 0 spiro atoms. The monoisotopic (exact) mass is 321 g/mol. The molecule has 4 nitrogen and oxygen atoms in total. The second-order valence-corrected chi connectivity index (χ2v) is 7.35. The summed E-state index contributed by atoms with van der Waals surface area (Å²) in [6, 6.07) is 6.05. The van der Waals surface area contributed by atoms with Crippen molar-refractivity contribution in [2.75, 3.05) is 17.3 Å². The highest BCUT2D eigenvalue weighted by Gasteiger charge is 2.42. The predicted molar refractivity (Wildman–Crippen MR) is 87.3 cm³/mol. The Morgan fingerprint density at radius 3 is 2.86 bits per heavy atom. The number of hydrogen-bond donors (Lipinski definition) is 1. The van der Waals surface area contributed by atoms with Gasteiger partial charge in [-0.15, -0.1) is 11.3 Å². The van der Waals surface area contributed by atoms with Crippen molar-refractivity contribution in [1.82, 2.24) is 4.98 Å². The summed E-state index contributed by atoms with van der Waals surface area (Å²) in [5.74, 6) is 0.129. The van der Waals surface area contributed by atoms with E-state index in [9.17, 15) is 4.79 Å². The summed E-state index contributed by atoms with van der Waals surface area (Å²) >= 11 is 7.28. The van der Waals surface area contributed by atoms with E-state index in [0.717, 1.165) is 21.8 Å². The van der Waals surface area contributed by atoms with Crippen LogP contribution in [0, 0.1) is 0 Å². The third-order valence-corrected chi connectivity index (χ3v) is 4.98. The molecule has 0 atom stereocenters. The molecule has 1 aromatic carbocycles. The lowest BCUT2D eigenvalue weighted by Gasteiger charge is -2.16. The van der Waals surface area contributed by atoms with E-state index in [0.29, 0.717) is 11.0 Å². The van der Waals surface area contributed by atoms with Crippen molar-refractivity contribution in [2.24, 2.45) is 0 Å². The van der Waals surface area contributed by atoms with E-state index in [4.69, 9.17) is 11.6 Å². The number of halogens is 1. The molecule has 0 bridgehead atoms. The molecule has 1 aliphatic rings. The maximum Gasteiger partial charge on any atom is 0.236 e. The highest BCUT2D eigenvalue weighted by atomic mass is 35.5. The normalized spacial score (nSPS) is 16.2. The largest absolute Gasteiger partial charge is 0.380 e. The minimum Gasteiger partial charge on any atom is -0.380 e. The van der Waals surface area contributed by atoms with Gasteiger partial charge in [-0.05, 0) is 31.5 Å². The second-order valence-electron chi connectivity index (χ2n) is 5.65. The van der Waals surface area contributed by atoms with E-state index in [1.54, 1.807) is 11.1 Å². The molecule has 6 heteroatoms. The second kappa shape index (κ2) is 5.00. The van der Waals surface area contributed by atoms with Gasteiger partial charge in [-0.1, -0.05) is 17.7 Å². The van der Waals surface area contributed by atoms with Crippen molar-refractivity contribution in [3.63, 3.8) is 0 Å². The number of nitrogens with one attached hydrogen (secondary N) is 1. The van der Waals surface area contributed by atoms with Gasteiger partial charge in [0, 0.05) is 29.5 Å². The van der Waals surface area contributed by atoms with Crippen LogP contribution in [0.25, 0.3) is 0 Å². The number of benzene rings is 1. The Labute approximate surface area is 132 Å². The first-order valence-corrected chi connectivity index (χ1v) is 7.86. The Balaban J connectivity index is 1.83. The number of thiazole rings is 1. The summed E-state index contributed by atoms with van der Waals surface area (Å²) in [4.78, 5) is 19.1. The van der Waals surface area contributed by atoms with Crippen LogP contribution in [-0.2, 0) is 16.8 Å². The molecule has 2 heterocycles. The van der Waals surface area contributed by atoms with Gasteiger partial charge in [0.2, 0.25) is 5.91 Å². The predicted octanol–water partition coefficient (Wildman–Crippen LogP) is 3.66. The molecule has 21 heavy (non-hydrogen) atoms. The first kappa shape index (κ1) is 14.4. The molecule has 110 valence electrons. The van der Waals surface area contributed by atoms with Gasteiger partial charge in [-0.2, -0.15) is 0 Å². The molecule has 0 saturated carbocycles. The van der Waals surface area contributed by atoms with Crippen molar-refractivity contribution in [3.8, 4) is 0 Å². The first-order chi connectivity index (χ1) is 9.89. The standard InChI is InChI=1S/C15H16ClN3OS/c1-15(2)11-5-4-9(6-12(11)19(3)13(15)20)17-7-10-8-18-14(16)21-10/h4-6,8,17H,7H2,1-3H3. The molecule has 0 unspecified atom stereocenters. The van der Waals surface area contributed by atoms with Crippen molar-refractivity contribution in [2.45, 2.75) is 25.8 Å². The number of fused-ring (bicyclic) bond motifs is 1. The highest BCUT2D eigenvalue weighted by Crippen LogP contribution is 2.41. The molecule has 1 N–H and O–H groups in total. The van der Waals surface area contributed by atoms with Crippen LogP contribution in [0.3, 0.4) is 0 Å². The van der Waals surface area contributed by atoms with E-state index < -0.39 is 5.41 Å². The van der Waals surface area contributed by atoms with E-state index in [1.165, 1.54) is 11.3 Å². The summed E-state index contributed by atoms with van der Waals surface area (Å²) in [6.45, 7) is 4.60. The molecular formula is C15H16ClN3OS. The molecule has 1 aliphatic heterocycles. The number of hydrogen-bond acceptors (Lipinski definition) is 4. The number of carbonyl (C=O) groups is 1. The number of likely N-dealkylation sites (N-methyl/N-ethyl adjacent to an activating group) is 1. The first-order valence-electron chi connectivity index (χ1n) is 6.66. The Morgan fingerprint density at radius 2 is 2.19 bits per heavy atom. The molecule has 0 saturated heterocycles. The fraction of sp³-hybridized carbons (Fsp3) is 0.333. The van der Waals surface area contributed by atoms with E-state index in [1.807, 2.05) is 39.1 Å². The summed E-state index contributed by atoms with van der Waals surface area (Å²) in [5.41, 5.74) is 2.57. The highest BCUT2D eigenvalue weighted by molar-refractivity contribution is 7.15. The maximum atomic E-state index is 12.3. The van der Waals surface area contributed by atoms with Gasteiger partial charge in [0.25, 0.3) is 0 Å². The number of carbonyl (C=O) groups excluding carboxylic acids is 1. The topological polar surface area (TPSA) is 45.2 Å². The van der Waals surface area contributed by atoms with Gasteiger partial charge in [0.05, 0.1) is 12.0 Å². The van der Waals surface area contributed by atoms with Crippen LogP contribution in [0.5, 0.6) is 0 Å². The molecular weight excluding hydrogens is 306 g/mol. The van der Waals surface area contributed by atoms with Gasteiger partial charge in [-0.3, -0.25) is 4.79 Å². The van der Waals surface area contributed by atoms with Gasteiger partial charge in [0.15, 0.2) is 4.47 Å². The lowest BCUT2D eigenvalue weighted by Crippen LogP contribution is -2.33. The Kier molecular flexibility index (Phi) is 3.42. The number of anilines is 2. The average molecular weight is 322 g/mol. The van der Waals surface area contributed by atoms with Crippen LogP contribution in [0.2, 0.25) is 4.47 Å². The molecule has 0 radical (unpaired) electrons. The fourth-order valence-electron chi connectivity index (χ4n) is 2.65. The molecule has 0 fully saturated rings. The third-order valence-electron chi connectivity index (χ3n) is 3.86. The minimum atomic E-state index is -0.451. The van der Waals surface area contributed by atoms with E-state index in [2.05, 4.69) is 10.3 Å². The summed E-state index contributed by atoms with van der Waals surface area (Å²) in [5, 5.41) is 3.34. The number of amides is 1. The van der Waals surface area contributed by atoms with Crippen molar-refractivity contribution >= 4 is 40.2 Å². The minimum absolute atomic E-state index is 0.129. The third kappa shape index (κ3) is 2.40. The van der Waals surface area contributed by atoms with Crippen LogP contribution < -0.4 is 10.2 Å². The van der Waals surface area contributed by atoms with Crippen LogP contribution in [-0.4, -0.2) is 17.9 Å². The molecule has 1 amide bonds. The van der Waals surface area contributed by atoms with Crippen molar-refractivity contribution in [3.05, 3.63) is 39.3 Å². The van der Waals surface area contributed by atoms with Crippen LogP contribution in [0.1, 0.15) is 24.3 Å². The SMILES string of the molecule is CN1C(=O)C(C)(C)c2ccc(NCc3cnc(Cl)s3)cc21. The van der Waals surface area contributed by atoms with Crippen LogP contribution in [0.15, 0.2) is 24.4 Å². The Morgan fingerprint density at radius 1 is 1.43 bits per heavy atom. The van der Waals surface area contributed by atoms with Gasteiger partial charge >= 0.3 is 0 Å². The molecule has 1 aromatic heterocycles. The van der Waals surface area contributed by atoms with Crippen molar-refractivity contribution in [1.29, 1.82) is 0 Å². The quantitative estimate of drug-likeness (QED) is 0.938. The zero-order valence-electron chi connectivity index (χ0n) is 12.1. The Bertz CT molecular complexity index is 711. The van der Waals surface area contributed by atoms with E-state index >= 15 is 0 Å². The summed E-state index contributed by atoms with van der Waals surface area (Å²) in [7, 11) is 1.82. The lowest BCUT2D eigenvalue weighted by atomic mass is 9.86. The Hall–Kier alpha value is -1.59. The van der Waals surface area contributed by atoms with Gasteiger partial charge < -0.3 is 10.2 Å². The summed E-state index contributed by atoms with van der Waals surface area (Å²) in [6.07, 6.45) is 1.77.